The molecule has 0 saturated heterocycles. The van der Waals surface area contributed by atoms with E-state index in [-0.39, 0.29) is 18.2 Å². The molecule has 0 saturated carbocycles. The minimum Gasteiger partial charge on any atom is -0.351 e. The highest BCUT2D eigenvalue weighted by atomic mass is 16.2. The van der Waals surface area contributed by atoms with Crippen LogP contribution in [0, 0.1) is 13.8 Å². The zero-order valence-corrected chi connectivity index (χ0v) is 15.1. The lowest BCUT2D eigenvalue weighted by Crippen LogP contribution is -2.39. The van der Waals surface area contributed by atoms with Crippen LogP contribution in [0.2, 0.25) is 0 Å². The Morgan fingerprint density at radius 1 is 1.27 bits per heavy atom. The first-order chi connectivity index (χ1) is 12.5. The number of carbonyl (C=O) groups excluding carboxylic acids is 2. The van der Waals surface area contributed by atoms with E-state index in [1.165, 1.54) is 5.01 Å². The Bertz CT molecular complexity index is 826. The van der Waals surface area contributed by atoms with Crippen LogP contribution in [0.1, 0.15) is 30.4 Å². The van der Waals surface area contributed by atoms with Gasteiger partial charge in [-0.05, 0) is 43.5 Å². The molecule has 2 heterocycles. The van der Waals surface area contributed by atoms with Crippen LogP contribution in [-0.2, 0) is 16.1 Å². The lowest BCUT2D eigenvalue weighted by Gasteiger charge is -2.24. The van der Waals surface area contributed by atoms with Gasteiger partial charge in [0, 0.05) is 38.3 Å². The number of benzene rings is 1. The predicted octanol–water partition coefficient (Wildman–Crippen LogP) is 2.19. The number of hydrogen-bond donors (Lipinski definition) is 1. The van der Waals surface area contributed by atoms with Gasteiger partial charge in [0.15, 0.2) is 0 Å². The van der Waals surface area contributed by atoms with E-state index in [9.17, 15) is 9.59 Å². The van der Waals surface area contributed by atoms with Crippen LogP contribution in [-0.4, -0.2) is 33.9 Å². The van der Waals surface area contributed by atoms with Gasteiger partial charge in [-0.3, -0.25) is 14.3 Å². The third-order valence-electron chi connectivity index (χ3n) is 4.30. The number of hydrazone groups is 1. The van der Waals surface area contributed by atoms with Crippen LogP contribution in [0.5, 0.6) is 0 Å². The van der Waals surface area contributed by atoms with Gasteiger partial charge in [0.1, 0.15) is 5.71 Å². The second-order valence-electron chi connectivity index (χ2n) is 6.42. The molecule has 0 aliphatic carbocycles. The summed E-state index contributed by atoms with van der Waals surface area (Å²) in [6.45, 7) is 5.18. The standard InChI is InChI=1S/C19H23N5O2/c1-14-5-6-15(2)17(13-14)24-18(25)8-7-16(22-24)19(26)20-9-3-11-23-12-4-10-21-23/h4-6,10,12-13H,3,7-9,11H2,1-2H3,(H,20,26). The lowest BCUT2D eigenvalue weighted by molar-refractivity contribution is -0.119. The van der Waals surface area contributed by atoms with Gasteiger partial charge in [-0.2, -0.15) is 10.2 Å². The van der Waals surface area contributed by atoms with Crippen LogP contribution in [0.25, 0.3) is 0 Å². The highest BCUT2D eigenvalue weighted by Gasteiger charge is 2.26. The molecule has 3 rings (SSSR count). The minimum atomic E-state index is -0.215. The molecule has 1 aromatic carbocycles. The van der Waals surface area contributed by atoms with Crippen molar-refractivity contribution in [2.75, 3.05) is 11.6 Å². The Hall–Kier alpha value is -2.96. The van der Waals surface area contributed by atoms with Crippen molar-refractivity contribution in [2.45, 2.75) is 39.7 Å². The van der Waals surface area contributed by atoms with Crippen molar-refractivity contribution >= 4 is 23.2 Å². The summed E-state index contributed by atoms with van der Waals surface area (Å²) in [6, 6.07) is 7.73. The Labute approximate surface area is 152 Å². The van der Waals surface area contributed by atoms with Crippen molar-refractivity contribution in [2.24, 2.45) is 5.10 Å². The van der Waals surface area contributed by atoms with Gasteiger partial charge in [-0.15, -0.1) is 0 Å². The largest absolute Gasteiger partial charge is 0.351 e. The van der Waals surface area contributed by atoms with Crippen LogP contribution in [0.4, 0.5) is 5.69 Å². The molecule has 0 unspecified atom stereocenters. The normalized spacial score (nSPS) is 14.3. The summed E-state index contributed by atoms with van der Waals surface area (Å²) in [5.41, 5.74) is 3.13. The van der Waals surface area contributed by atoms with Gasteiger partial charge in [0.2, 0.25) is 5.91 Å². The first-order valence-electron chi connectivity index (χ1n) is 8.78. The van der Waals surface area contributed by atoms with E-state index < -0.39 is 0 Å². The quantitative estimate of drug-likeness (QED) is 0.809. The minimum absolute atomic E-state index is 0.0890. The maximum atomic E-state index is 12.4. The molecular weight excluding hydrogens is 330 g/mol. The van der Waals surface area contributed by atoms with Crippen molar-refractivity contribution < 1.29 is 9.59 Å². The number of amides is 2. The number of hydrogen-bond acceptors (Lipinski definition) is 4. The van der Waals surface area contributed by atoms with Gasteiger partial charge in [0.05, 0.1) is 5.69 Å². The summed E-state index contributed by atoms with van der Waals surface area (Å²) in [7, 11) is 0. The highest BCUT2D eigenvalue weighted by molar-refractivity contribution is 6.40. The van der Waals surface area contributed by atoms with E-state index in [1.807, 2.05) is 49.0 Å². The van der Waals surface area contributed by atoms with Crippen molar-refractivity contribution in [1.29, 1.82) is 0 Å². The van der Waals surface area contributed by atoms with Crippen LogP contribution < -0.4 is 10.3 Å². The number of carbonyl (C=O) groups is 2. The molecule has 136 valence electrons. The first-order valence-corrected chi connectivity index (χ1v) is 8.78. The monoisotopic (exact) mass is 353 g/mol. The fraction of sp³-hybridized carbons (Fsp3) is 0.368. The second kappa shape index (κ2) is 7.95. The van der Waals surface area contributed by atoms with Crippen LogP contribution >= 0.6 is 0 Å². The summed E-state index contributed by atoms with van der Waals surface area (Å²) in [6.07, 6.45) is 5.05. The van der Waals surface area contributed by atoms with Gasteiger partial charge in [-0.1, -0.05) is 12.1 Å². The molecule has 0 spiro atoms. The average Bonchev–Trinajstić information content (AvgIpc) is 3.14. The lowest BCUT2D eigenvalue weighted by atomic mass is 10.1. The Morgan fingerprint density at radius 2 is 2.12 bits per heavy atom. The molecule has 1 aromatic heterocycles. The smallest absolute Gasteiger partial charge is 0.267 e. The molecule has 1 aliphatic rings. The molecule has 26 heavy (non-hydrogen) atoms. The molecule has 2 aromatic rings. The fourth-order valence-electron chi connectivity index (χ4n) is 2.83. The van der Waals surface area contributed by atoms with E-state index >= 15 is 0 Å². The van der Waals surface area contributed by atoms with Gasteiger partial charge in [-0.25, -0.2) is 5.01 Å². The van der Waals surface area contributed by atoms with E-state index in [1.54, 1.807) is 6.20 Å². The van der Waals surface area contributed by atoms with Crippen molar-refractivity contribution in [3.8, 4) is 0 Å². The van der Waals surface area contributed by atoms with E-state index in [0.717, 1.165) is 29.8 Å². The van der Waals surface area contributed by atoms with Crippen molar-refractivity contribution in [3.05, 3.63) is 47.8 Å². The van der Waals surface area contributed by atoms with Crippen molar-refractivity contribution in [3.63, 3.8) is 0 Å². The third-order valence-corrected chi connectivity index (χ3v) is 4.30. The number of rotatable bonds is 6. The second-order valence-corrected chi connectivity index (χ2v) is 6.42. The molecule has 7 heteroatoms. The number of aromatic nitrogens is 2. The topological polar surface area (TPSA) is 79.6 Å². The zero-order valence-electron chi connectivity index (χ0n) is 15.1. The molecule has 0 fully saturated rings. The van der Waals surface area contributed by atoms with Crippen LogP contribution in [0.3, 0.4) is 0 Å². The fourth-order valence-corrected chi connectivity index (χ4v) is 2.83. The van der Waals surface area contributed by atoms with E-state index in [2.05, 4.69) is 15.5 Å². The molecular formula is C19H23N5O2. The number of aryl methyl sites for hydroxylation is 3. The van der Waals surface area contributed by atoms with Gasteiger partial charge < -0.3 is 5.32 Å². The van der Waals surface area contributed by atoms with Crippen LogP contribution in [0.15, 0.2) is 41.8 Å². The van der Waals surface area contributed by atoms with Crippen molar-refractivity contribution in [1.82, 2.24) is 15.1 Å². The Morgan fingerprint density at radius 3 is 2.88 bits per heavy atom. The van der Waals surface area contributed by atoms with E-state index in [4.69, 9.17) is 0 Å². The maximum absolute atomic E-state index is 12.4. The van der Waals surface area contributed by atoms with E-state index in [0.29, 0.717) is 18.7 Å². The summed E-state index contributed by atoms with van der Waals surface area (Å²) in [5.74, 6) is -0.304. The summed E-state index contributed by atoms with van der Waals surface area (Å²) < 4.78 is 1.82. The average molecular weight is 353 g/mol. The zero-order chi connectivity index (χ0) is 18.5. The maximum Gasteiger partial charge on any atom is 0.267 e. The highest BCUT2D eigenvalue weighted by Crippen LogP contribution is 2.25. The van der Waals surface area contributed by atoms with Gasteiger partial charge in [0.25, 0.3) is 5.91 Å². The summed E-state index contributed by atoms with van der Waals surface area (Å²) in [5, 5.41) is 12.7. The molecule has 0 atom stereocenters. The number of anilines is 1. The summed E-state index contributed by atoms with van der Waals surface area (Å²) in [4.78, 5) is 24.7. The molecule has 7 nitrogen and oxygen atoms in total. The predicted molar refractivity (Wildman–Crippen MR) is 99.9 cm³/mol. The molecule has 2 amide bonds. The molecule has 1 aliphatic heterocycles. The molecule has 1 N–H and O–H groups in total. The van der Waals surface area contributed by atoms with Gasteiger partial charge >= 0.3 is 0 Å². The molecule has 0 radical (unpaired) electrons. The first kappa shape index (κ1) is 17.8. The summed E-state index contributed by atoms with van der Waals surface area (Å²) >= 11 is 0. The third kappa shape index (κ3) is 4.17. The number of nitrogens with one attached hydrogen (secondary N) is 1. The number of nitrogens with zero attached hydrogens (tertiary/aromatic N) is 4. The molecule has 0 bridgehead atoms. The Kier molecular flexibility index (Phi) is 5.46. The Balaban J connectivity index is 1.64. The SMILES string of the molecule is Cc1ccc(C)c(N2N=C(C(=O)NCCCn3cccn3)CCC2=O)c1.